The minimum atomic E-state index is -0.286. The van der Waals surface area contributed by atoms with Gasteiger partial charge in [-0.05, 0) is 44.4 Å². The molecule has 0 bridgehead atoms. The molecule has 0 saturated heterocycles. The first-order valence-corrected chi connectivity index (χ1v) is 8.14. The highest BCUT2D eigenvalue weighted by Crippen LogP contribution is 2.28. The van der Waals surface area contributed by atoms with Crippen molar-refractivity contribution in [1.82, 2.24) is 9.97 Å². The normalized spacial score (nSPS) is 28.5. The molecule has 0 aromatic carbocycles. The van der Waals surface area contributed by atoms with Gasteiger partial charge in [0.2, 0.25) is 5.95 Å². The summed E-state index contributed by atoms with van der Waals surface area (Å²) in [4.78, 5) is 8.68. The van der Waals surface area contributed by atoms with E-state index >= 15 is 0 Å². The average molecular weight is 301 g/mol. The molecule has 3 N–H and O–H groups in total. The van der Waals surface area contributed by atoms with Crippen LogP contribution < -0.4 is 10.6 Å². The number of rotatable bonds is 4. The van der Waals surface area contributed by atoms with Gasteiger partial charge in [0.25, 0.3) is 0 Å². The summed E-state index contributed by atoms with van der Waals surface area (Å²) in [7, 11) is 0. The first-order chi connectivity index (χ1) is 10.7. The average Bonchev–Trinajstić information content (AvgIpc) is 2.47. The fourth-order valence-electron chi connectivity index (χ4n) is 3.00. The van der Waals surface area contributed by atoms with Gasteiger partial charge >= 0.3 is 0 Å². The lowest BCUT2D eigenvalue weighted by atomic mass is 9.85. The first-order valence-electron chi connectivity index (χ1n) is 8.14. The summed E-state index contributed by atoms with van der Waals surface area (Å²) >= 11 is 0. The molecule has 2 aliphatic rings. The van der Waals surface area contributed by atoms with Crippen molar-refractivity contribution in [2.45, 2.75) is 63.6 Å². The van der Waals surface area contributed by atoms with Crippen molar-refractivity contribution in [3.05, 3.63) is 11.8 Å². The SMILES string of the molecule is C[C@@H]1CC[C@@H](Nc2nc(NC3CCC3)ncc2C#N)CC1O. The lowest BCUT2D eigenvalue weighted by molar-refractivity contribution is 0.0739. The Morgan fingerprint density at radius 3 is 2.68 bits per heavy atom. The summed E-state index contributed by atoms with van der Waals surface area (Å²) in [6.45, 7) is 2.08. The molecule has 6 nitrogen and oxygen atoms in total. The number of anilines is 2. The molecule has 2 aliphatic carbocycles. The topological polar surface area (TPSA) is 93.9 Å². The molecule has 0 amide bonds. The second kappa shape index (κ2) is 6.49. The summed E-state index contributed by atoms with van der Waals surface area (Å²) in [6.07, 6.45) is 7.50. The molecule has 3 rings (SSSR count). The highest BCUT2D eigenvalue weighted by atomic mass is 16.3. The van der Waals surface area contributed by atoms with Gasteiger partial charge in [-0.1, -0.05) is 6.92 Å². The highest BCUT2D eigenvalue weighted by Gasteiger charge is 2.27. The van der Waals surface area contributed by atoms with Gasteiger partial charge in [0.05, 0.1) is 12.3 Å². The molecule has 3 atom stereocenters. The second-order valence-electron chi connectivity index (χ2n) is 6.54. The van der Waals surface area contributed by atoms with Gasteiger partial charge in [0.1, 0.15) is 17.5 Å². The maximum Gasteiger partial charge on any atom is 0.224 e. The Balaban J connectivity index is 1.70. The predicted molar refractivity (Wildman–Crippen MR) is 84.4 cm³/mol. The van der Waals surface area contributed by atoms with Crippen LogP contribution >= 0.6 is 0 Å². The van der Waals surface area contributed by atoms with E-state index in [4.69, 9.17) is 0 Å². The van der Waals surface area contributed by atoms with Crippen LogP contribution in [0.1, 0.15) is 51.0 Å². The Kier molecular flexibility index (Phi) is 4.44. The number of hydrogen-bond acceptors (Lipinski definition) is 6. The second-order valence-corrected chi connectivity index (χ2v) is 6.54. The van der Waals surface area contributed by atoms with Gasteiger partial charge in [-0.25, -0.2) is 4.98 Å². The molecule has 2 fully saturated rings. The van der Waals surface area contributed by atoms with E-state index in [1.165, 1.54) is 6.42 Å². The van der Waals surface area contributed by atoms with Crippen LogP contribution in [0.3, 0.4) is 0 Å². The third-order valence-electron chi connectivity index (χ3n) is 4.84. The van der Waals surface area contributed by atoms with Crippen LogP contribution in [0.2, 0.25) is 0 Å². The molecule has 1 heterocycles. The van der Waals surface area contributed by atoms with E-state index in [9.17, 15) is 10.4 Å². The monoisotopic (exact) mass is 301 g/mol. The van der Waals surface area contributed by atoms with Gasteiger partial charge < -0.3 is 15.7 Å². The van der Waals surface area contributed by atoms with E-state index in [0.29, 0.717) is 35.7 Å². The molecule has 0 aliphatic heterocycles. The lowest BCUT2D eigenvalue weighted by Crippen LogP contribution is -2.35. The molecule has 0 spiro atoms. The van der Waals surface area contributed by atoms with Crippen molar-refractivity contribution in [2.24, 2.45) is 5.92 Å². The fraction of sp³-hybridized carbons (Fsp3) is 0.688. The summed E-state index contributed by atoms with van der Waals surface area (Å²) < 4.78 is 0. The van der Waals surface area contributed by atoms with Crippen LogP contribution in [0.25, 0.3) is 0 Å². The molecule has 2 saturated carbocycles. The minimum Gasteiger partial charge on any atom is -0.393 e. The van der Waals surface area contributed by atoms with Crippen molar-refractivity contribution in [3.8, 4) is 6.07 Å². The minimum absolute atomic E-state index is 0.157. The van der Waals surface area contributed by atoms with Gasteiger partial charge in [0.15, 0.2) is 0 Å². The highest BCUT2D eigenvalue weighted by molar-refractivity contribution is 5.54. The van der Waals surface area contributed by atoms with Crippen molar-refractivity contribution < 1.29 is 5.11 Å². The Hall–Kier alpha value is -1.87. The lowest BCUT2D eigenvalue weighted by Gasteiger charge is -2.32. The molecular weight excluding hydrogens is 278 g/mol. The summed E-state index contributed by atoms with van der Waals surface area (Å²) in [6, 6.07) is 2.75. The van der Waals surface area contributed by atoms with E-state index in [-0.39, 0.29) is 12.1 Å². The summed E-state index contributed by atoms with van der Waals surface area (Å²) in [5.41, 5.74) is 0.451. The van der Waals surface area contributed by atoms with Crippen LogP contribution in [-0.4, -0.2) is 33.3 Å². The third-order valence-corrected chi connectivity index (χ3v) is 4.84. The number of nitrogens with zero attached hydrogens (tertiary/aromatic N) is 3. The van der Waals surface area contributed by atoms with Crippen LogP contribution in [0.5, 0.6) is 0 Å². The largest absolute Gasteiger partial charge is 0.393 e. The van der Waals surface area contributed by atoms with Gasteiger partial charge in [-0.15, -0.1) is 0 Å². The van der Waals surface area contributed by atoms with Crippen LogP contribution in [-0.2, 0) is 0 Å². The third kappa shape index (κ3) is 3.30. The van der Waals surface area contributed by atoms with Gasteiger partial charge in [-0.2, -0.15) is 10.2 Å². The van der Waals surface area contributed by atoms with Crippen molar-refractivity contribution >= 4 is 11.8 Å². The van der Waals surface area contributed by atoms with E-state index in [1.807, 2.05) is 0 Å². The number of nitriles is 1. The number of aromatic nitrogens is 2. The first kappa shape index (κ1) is 15.0. The maximum absolute atomic E-state index is 10.0. The van der Waals surface area contributed by atoms with Crippen LogP contribution in [0, 0.1) is 17.2 Å². The fourth-order valence-corrected chi connectivity index (χ4v) is 3.00. The molecule has 1 aromatic heterocycles. The zero-order valence-corrected chi connectivity index (χ0v) is 12.9. The Morgan fingerprint density at radius 2 is 2.05 bits per heavy atom. The summed E-state index contributed by atoms with van der Waals surface area (Å²) in [5, 5.41) is 25.9. The smallest absolute Gasteiger partial charge is 0.224 e. The Morgan fingerprint density at radius 1 is 1.23 bits per heavy atom. The number of hydrogen-bond donors (Lipinski definition) is 3. The zero-order chi connectivity index (χ0) is 15.5. The maximum atomic E-state index is 10.0. The molecular formula is C16H23N5O. The Labute approximate surface area is 131 Å². The molecule has 118 valence electrons. The molecule has 22 heavy (non-hydrogen) atoms. The predicted octanol–water partition coefficient (Wildman–Crippen LogP) is 2.27. The zero-order valence-electron chi connectivity index (χ0n) is 12.9. The van der Waals surface area contributed by atoms with Crippen molar-refractivity contribution in [2.75, 3.05) is 10.6 Å². The number of aliphatic hydroxyl groups excluding tert-OH is 1. The van der Waals surface area contributed by atoms with E-state index in [1.54, 1.807) is 6.20 Å². The van der Waals surface area contributed by atoms with E-state index < -0.39 is 0 Å². The van der Waals surface area contributed by atoms with Gasteiger partial charge in [-0.3, -0.25) is 0 Å². The van der Waals surface area contributed by atoms with Crippen molar-refractivity contribution in [1.29, 1.82) is 5.26 Å². The molecule has 1 unspecified atom stereocenters. The summed E-state index contributed by atoms with van der Waals surface area (Å²) in [5.74, 6) is 1.50. The van der Waals surface area contributed by atoms with E-state index in [0.717, 1.165) is 25.7 Å². The van der Waals surface area contributed by atoms with Crippen LogP contribution in [0.4, 0.5) is 11.8 Å². The van der Waals surface area contributed by atoms with Crippen LogP contribution in [0.15, 0.2) is 6.20 Å². The van der Waals surface area contributed by atoms with E-state index in [2.05, 4.69) is 33.6 Å². The van der Waals surface area contributed by atoms with Crippen molar-refractivity contribution in [3.63, 3.8) is 0 Å². The molecule has 0 radical (unpaired) electrons. The standard InChI is InChI=1S/C16H23N5O/c1-10-5-6-13(7-14(10)22)19-15-11(8-17)9-18-16(21-15)20-12-3-2-4-12/h9-10,12-14,22H,2-7H2,1H3,(H2,18,19,20,21)/t10-,13-,14?/m1/s1. The number of nitrogens with one attached hydrogen (secondary N) is 2. The Bertz CT molecular complexity index is 566. The molecule has 6 heteroatoms. The number of aliphatic hydroxyl groups is 1. The quantitative estimate of drug-likeness (QED) is 0.790. The van der Waals surface area contributed by atoms with Gasteiger partial charge in [0, 0.05) is 12.1 Å². The molecule has 1 aromatic rings.